The first-order valence-corrected chi connectivity index (χ1v) is 19.6. The van der Waals surface area contributed by atoms with Crippen molar-refractivity contribution in [1.29, 1.82) is 0 Å². The molecule has 0 aromatic heterocycles. The fraction of sp³-hybridized carbons (Fsp3) is 0.974. The third-order valence-corrected chi connectivity index (χ3v) is 7.72. The molecule has 0 amide bonds. The van der Waals surface area contributed by atoms with E-state index in [9.17, 15) is 4.79 Å². The number of carbonyl (C=O) groups is 1. The molecule has 0 aliphatic carbocycles. The van der Waals surface area contributed by atoms with Gasteiger partial charge in [0.15, 0.2) is 0 Å². The Bertz CT molecular complexity index is 596. The number of carbonyl (C=O) groups excluding carboxylic acids is 1. The summed E-state index contributed by atoms with van der Waals surface area (Å²) in [4.78, 5) is 11.9. The van der Waals surface area contributed by atoms with Crippen LogP contribution in [-0.2, 0) is 47.4 Å². The first-order chi connectivity index (χ1) is 23.8. The van der Waals surface area contributed by atoms with Gasteiger partial charge in [0.1, 0.15) is 6.61 Å². The van der Waals surface area contributed by atoms with Crippen molar-refractivity contribution in [3.8, 4) is 0 Å². The summed E-state index contributed by atoms with van der Waals surface area (Å²) in [7, 11) is 0. The molecule has 10 nitrogen and oxygen atoms in total. The van der Waals surface area contributed by atoms with E-state index >= 15 is 0 Å². The summed E-state index contributed by atoms with van der Waals surface area (Å²) in [6, 6.07) is 0. The lowest BCUT2D eigenvalue weighted by Gasteiger charge is -2.09. The van der Waals surface area contributed by atoms with Crippen LogP contribution in [0.1, 0.15) is 129 Å². The van der Waals surface area contributed by atoms with Crippen LogP contribution < -0.4 is 0 Å². The molecule has 0 aliphatic rings. The summed E-state index contributed by atoms with van der Waals surface area (Å²) in [6.45, 7) is 13.5. The molecule has 0 heterocycles. The lowest BCUT2D eigenvalue weighted by atomic mass is 10.0. The lowest BCUT2D eigenvalue weighted by Crippen LogP contribution is -2.15. The Morgan fingerprint density at radius 2 is 0.542 bits per heavy atom. The quantitative estimate of drug-likeness (QED) is 0.0466. The maximum atomic E-state index is 11.9. The van der Waals surface area contributed by atoms with Crippen molar-refractivity contribution in [3.05, 3.63) is 0 Å². The van der Waals surface area contributed by atoms with Crippen LogP contribution in [-0.4, -0.2) is 118 Å². The zero-order chi connectivity index (χ0) is 34.7. The van der Waals surface area contributed by atoms with E-state index in [1.54, 1.807) is 0 Å². The van der Waals surface area contributed by atoms with E-state index in [0.717, 1.165) is 25.9 Å². The topological polar surface area (TPSA) is 100 Å². The van der Waals surface area contributed by atoms with Gasteiger partial charge in [-0.2, -0.15) is 0 Å². The molecule has 0 radical (unpaired) electrons. The van der Waals surface area contributed by atoms with Gasteiger partial charge in [-0.1, -0.05) is 110 Å². The molecule has 0 N–H and O–H groups in total. The van der Waals surface area contributed by atoms with Crippen molar-refractivity contribution < 1.29 is 47.4 Å². The molecule has 0 rings (SSSR count). The second-order valence-corrected chi connectivity index (χ2v) is 12.2. The van der Waals surface area contributed by atoms with Gasteiger partial charge in [0, 0.05) is 13.0 Å². The SMILES string of the molecule is CCCCCCCCCCCCCCCC(=O)OCCOCCOCCOCCOCCOCCOCCOCCOCCCCCC. The molecule has 0 saturated carbocycles. The average Bonchev–Trinajstić information content (AvgIpc) is 3.09. The van der Waals surface area contributed by atoms with Crippen molar-refractivity contribution in [2.75, 3.05) is 112 Å². The van der Waals surface area contributed by atoms with Crippen molar-refractivity contribution in [2.24, 2.45) is 0 Å². The van der Waals surface area contributed by atoms with Gasteiger partial charge in [-0.05, 0) is 12.8 Å². The highest BCUT2D eigenvalue weighted by Crippen LogP contribution is 2.13. The Hall–Kier alpha value is -0.850. The van der Waals surface area contributed by atoms with Crippen LogP contribution in [0.5, 0.6) is 0 Å². The Balaban J connectivity index is 3.12. The minimum atomic E-state index is -0.126. The molecule has 0 saturated heterocycles. The number of rotatable bonds is 43. The Morgan fingerprint density at radius 1 is 0.292 bits per heavy atom. The van der Waals surface area contributed by atoms with Crippen LogP contribution in [0.4, 0.5) is 0 Å². The number of hydrogen-bond donors (Lipinski definition) is 0. The monoisotopic (exact) mass is 693 g/mol. The molecule has 0 fully saturated rings. The summed E-state index contributed by atoms with van der Waals surface area (Å²) in [5, 5.41) is 0. The third kappa shape index (κ3) is 43.2. The number of esters is 1. The highest BCUT2D eigenvalue weighted by Gasteiger charge is 2.03. The van der Waals surface area contributed by atoms with Gasteiger partial charge in [0.25, 0.3) is 0 Å². The molecular formula is C38H76O10. The molecule has 0 bridgehead atoms. The summed E-state index contributed by atoms with van der Waals surface area (Å²) in [6.07, 6.45) is 22.3. The second-order valence-electron chi connectivity index (χ2n) is 12.2. The minimum Gasteiger partial charge on any atom is -0.463 e. The standard InChI is InChI=1S/C38H76O10/c1-3-5-7-9-10-11-12-13-14-15-16-17-18-20-38(39)48-37-36-47-35-34-46-33-32-45-31-30-44-29-28-43-27-26-42-25-24-41-23-22-40-21-19-8-6-4-2/h3-37H2,1-2H3. The smallest absolute Gasteiger partial charge is 0.305 e. The van der Waals surface area contributed by atoms with E-state index < -0.39 is 0 Å². The normalized spacial score (nSPS) is 11.5. The van der Waals surface area contributed by atoms with Gasteiger partial charge >= 0.3 is 5.97 Å². The Kier molecular flexibility index (Phi) is 43.4. The van der Waals surface area contributed by atoms with Crippen LogP contribution in [0, 0.1) is 0 Å². The predicted molar refractivity (Wildman–Crippen MR) is 192 cm³/mol. The predicted octanol–water partition coefficient (Wildman–Crippen LogP) is 7.72. The first-order valence-electron chi connectivity index (χ1n) is 19.6. The van der Waals surface area contributed by atoms with Gasteiger partial charge in [-0.15, -0.1) is 0 Å². The summed E-state index contributed by atoms with van der Waals surface area (Å²) in [5.74, 6) is -0.126. The van der Waals surface area contributed by atoms with Crippen molar-refractivity contribution >= 4 is 5.97 Å². The number of hydrogen-bond acceptors (Lipinski definition) is 10. The summed E-state index contributed by atoms with van der Waals surface area (Å²) < 4.78 is 49.2. The molecule has 288 valence electrons. The summed E-state index contributed by atoms with van der Waals surface area (Å²) in [5.41, 5.74) is 0. The fourth-order valence-corrected chi connectivity index (χ4v) is 4.85. The molecule has 0 atom stereocenters. The molecule has 0 spiro atoms. The molecule has 48 heavy (non-hydrogen) atoms. The van der Waals surface area contributed by atoms with E-state index in [1.165, 1.54) is 89.9 Å². The zero-order valence-corrected chi connectivity index (χ0v) is 31.3. The minimum absolute atomic E-state index is 0.126. The van der Waals surface area contributed by atoms with Gasteiger partial charge in [-0.3, -0.25) is 4.79 Å². The van der Waals surface area contributed by atoms with E-state index in [-0.39, 0.29) is 5.97 Å². The third-order valence-electron chi connectivity index (χ3n) is 7.72. The molecule has 0 unspecified atom stereocenters. The molecule has 0 aromatic rings. The highest BCUT2D eigenvalue weighted by atomic mass is 16.6. The molecule has 0 aliphatic heterocycles. The zero-order valence-electron chi connectivity index (χ0n) is 31.3. The van der Waals surface area contributed by atoms with E-state index in [0.29, 0.717) is 112 Å². The van der Waals surface area contributed by atoms with E-state index in [4.69, 9.17) is 42.6 Å². The van der Waals surface area contributed by atoms with Crippen LogP contribution >= 0.6 is 0 Å². The maximum Gasteiger partial charge on any atom is 0.305 e. The van der Waals surface area contributed by atoms with Crippen LogP contribution in [0.15, 0.2) is 0 Å². The molecule has 0 aromatic carbocycles. The van der Waals surface area contributed by atoms with Gasteiger partial charge in [-0.25, -0.2) is 0 Å². The largest absolute Gasteiger partial charge is 0.463 e. The highest BCUT2D eigenvalue weighted by molar-refractivity contribution is 5.69. The molecular weight excluding hydrogens is 616 g/mol. The molecule has 10 heteroatoms. The number of ether oxygens (including phenoxy) is 9. The van der Waals surface area contributed by atoms with Crippen LogP contribution in [0.3, 0.4) is 0 Å². The Morgan fingerprint density at radius 3 is 0.875 bits per heavy atom. The van der Waals surface area contributed by atoms with E-state index in [1.807, 2.05) is 0 Å². The van der Waals surface area contributed by atoms with Crippen molar-refractivity contribution in [2.45, 2.75) is 129 Å². The first kappa shape index (κ1) is 47.1. The fourth-order valence-electron chi connectivity index (χ4n) is 4.85. The maximum absolute atomic E-state index is 11.9. The van der Waals surface area contributed by atoms with Gasteiger partial charge < -0.3 is 42.6 Å². The van der Waals surface area contributed by atoms with Gasteiger partial charge in [0.2, 0.25) is 0 Å². The van der Waals surface area contributed by atoms with Crippen molar-refractivity contribution in [3.63, 3.8) is 0 Å². The van der Waals surface area contributed by atoms with Crippen molar-refractivity contribution in [1.82, 2.24) is 0 Å². The lowest BCUT2D eigenvalue weighted by molar-refractivity contribution is -0.145. The van der Waals surface area contributed by atoms with Crippen LogP contribution in [0.2, 0.25) is 0 Å². The Labute approximate surface area is 294 Å². The van der Waals surface area contributed by atoms with E-state index in [2.05, 4.69) is 13.8 Å². The number of unbranched alkanes of at least 4 members (excludes halogenated alkanes) is 15. The summed E-state index contributed by atoms with van der Waals surface area (Å²) >= 11 is 0. The van der Waals surface area contributed by atoms with Gasteiger partial charge in [0.05, 0.1) is 99.1 Å². The average molecular weight is 693 g/mol. The second kappa shape index (κ2) is 44.2. The van der Waals surface area contributed by atoms with Crippen LogP contribution in [0.25, 0.3) is 0 Å².